The first kappa shape index (κ1) is 18.1. The lowest BCUT2D eigenvalue weighted by Gasteiger charge is -2.48. The van der Waals surface area contributed by atoms with Crippen molar-refractivity contribution in [2.24, 2.45) is 0 Å². The lowest BCUT2D eigenvalue weighted by Crippen LogP contribution is -2.64. The fraction of sp³-hybridized carbons (Fsp3) is 0.556. The molecule has 1 rings (SSSR count). The molecule has 0 aliphatic carbocycles. The highest BCUT2D eigenvalue weighted by molar-refractivity contribution is 6.56. The van der Waals surface area contributed by atoms with Crippen LogP contribution in [0.1, 0.15) is 40.2 Å². The van der Waals surface area contributed by atoms with E-state index in [-0.39, 0.29) is 5.29 Å². The Kier molecular flexibility index (Phi) is 7.36. The molecule has 0 amide bonds. The van der Waals surface area contributed by atoms with E-state index >= 15 is 0 Å². The van der Waals surface area contributed by atoms with Crippen LogP contribution in [0.4, 0.5) is 0 Å². The summed E-state index contributed by atoms with van der Waals surface area (Å²) in [5, 5.41) is 1.74. The van der Waals surface area contributed by atoms with Crippen molar-refractivity contribution in [2.75, 3.05) is 26.2 Å². The van der Waals surface area contributed by atoms with Crippen LogP contribution in [-0.4, -0.2) is 50.8 Å². The van der Waals surface area contributed by atoms with E-state index in [1.54, 1.807) is 0 Å². The molecule has 0 aliphatic rings. The normalized spacial score (nSPS) is 12.7. The van der Waals surface area contributed by atoms with Crippen molar-refractivity contribution in [1.82, 2.24) is 9.80 Å². The fourth-order valence-electron chi connectivity index (χ4n) is 3.39. The summed E-state index contributed by atoms with van der Waals surface area (Å²) in [6.07, 6.45) is 1.92. The quantitative estimate of drug-likeness (QED) is 0.511. The maximum absolute atomic E-state index is 3.84. The van der Waals surface area contributed by atoms with Gasteiger partial charge < -0.3 is 0 Å². The van der Waals surface area contributed by atoms with Gasteiger partial charge in [-0.2, -0.15) is 0 Å². The van der Waals surface area contributed by atoms with Gasteiger partial charge in [-0.15, -0.1) is 0 Å². The smallest absolute Gasteiger partial charge is 0.0958 e. The molecule has 0 fully saturated rings. The van der Waals surface area contributed by atoms with E-state index in [1.165, 1.54) is 10.8 Å². The maximum atomic E-state index is 3.84. The van der Waals surface area contributed by atoms with Crippen molar-refractivity contribution in [1.29, 1.82) is 0 Å². The second-order valence-electron chi connectivity index (χ2n) is 5.68. The summed E-state index contributed by atoms with van der Waals surface area (Å²) in [6.45, 7) is 19.8. The Labute approximate surface area is 133 Å². The standard InChI is InChI=1S/C18H32N2Si/c1-7-16-12-14-17(15-13-16)21-18(6,19(8-2)9-3)20(10-4)11-5/h7,12-15H,1,8-11,21H2,2-6H3. The first-order valence-electron chi connectivity index (χ1n) is 8.27. The van der Waals surface area contributed by atoms with Crippen molar-refractivity contribution >= 4 is 20.8 Å². The van der Waals surface area contributed by atoms with Crippen LogP contribution in [0.3, 0.4) is 0 Å². The predicted octanol–water partition coefficient (Wildman–Crippen LogP) is 2.48. The SMILES string of the molecule is C=Cc1ccc([SiH2]C(C)(N(CC)CC)N(CC)CC)cc1. The molecule has 0 saturated carbocycles. The van der Waals surface area contributed by atoms with Gasteiger partial charge in [-0.25, -0.2) is 0 Å². The van der Waals surface area contributed by atoms with Crippen molar-refractivity contribution < 1.29 is 0 Å². The summed E-state index contributed by atoms with van der Waals surface area (Å²) in [6, 6.07) is 8.99. The summed E-state index contributed by atoms with van der Waals surface area (Å²) in [7, 11) is -0.439. The molecular formula is C18H32N2Si. The fourth-order valence-corrected chi connectivity index (χ4v) is 5.98. The van der Waals surface area contributed by atoms with Crippen LogP contribution in [0.15, 0.2) is 30.8 Å². The third-order valence-corrected chi connectivity index (χ3v) is 7.09. The van der Waals surface area contributed by atoms with E-state index in [1.807, 2.05) is 6.08 Å². The maximum Gasteiger partial charge on any atom is 0.0958 e. The third kappa shape index (κ3) is 4.28. The molecule has 0 spiro atoms. The van der Waals surface area contributed by atoms with Crippen LogP contribution in [0.25, 0.3) is 6.08 Å². The number of rotatable bonds is 9. The van der Waals surface area contributed by atoms with Gasteiger partial charge >= 0.3 is 0 Å². The molecule has 0 atom stereocenters. The molecule has 2 nitrogen and oxygen atoms in total. The van der Waals surface area contributed by atoms with Gasteiger partial charge in [-0.3, -0.25) is 9.80 Å². The van der Waals surface area contributed by atoms with Gasteiger partial charge in [0.15, 0.2) is 0 Å². The van der Waals surface area contributed by atoms with E-state index in [0.29, 0.717) is 0 Å². The molecule has 0 unspecified atom stereocenters. The van der Waals surface area contributed by atoms with Gasteiger partial charge in [0.2, 0.25) is 0 Å². The molecule has 0 aliphatic heterocycles. The Balaban J connectivity index is 3.07. The summed E-state index contributed by atoms with van der Waals surface area (Å²) in [4.78, 5) is 5.27. The lowest BCUT2D eigenvalue weighted by atomic mass is 10.2. The average Bonchev–Trinajstić information content (AvgIpc) is 2.50. The first-order valence-corrected chi connectivity index (χ1v) is 9.68. The minimum absolute atomic E-state index is 0.211. The van der Waals surface area contributed by atoms with Crippen LogP contribution in [0.5, 0.6) is 0 Å². The van der Waals surface area contributed by atoms with E-state index in [0.717, 1.165) is 26.2 Å². The first-order chi connectivity index (χ1) is 10.0. The number of hydrogen-bond acceptors (Lipinski definition) is 2. The van der Waals surface area contributed by atoms with Crippen molar-refractivity contribution in [2.45, 2.75) is 39.9 Å². The topological polar surface area (TPSA) is 6.48 Å². The molecule has 1 aromatic rings. The van der Waals surface area contributed by atoms with Crippen LogP contribution >= 0.6 is 0 Å². The van der Waals surface area contributed by atoms with Crippen LogP contribution in [0, 0.1) is 0 Å². The Bertz CT molecular complexity index is 407. The molecule has 1 aromatic carbocycles. The van der Waals surface area contributed by atoms with Crippen LogP contribution in [-0.2, 0) is 0 Å². The molecule has 21 heavy (non-hydrogen) atoms. The average molecular weight is 305 g/mol. The van der Waals surface area contributed by atoms with Crippen LogP contribution < -0.4 is 5.19 Å². The highest BCUT2D eigenvalue weighted by Crippen LogP contribution is 2.19. The molecule has 0 heterocycles. The summed E-state index contributed by atoms with van der Waals surface area (Å²) in [5.74, 6) is 0. The van der Waals surface area contributed by atoms with E-state index < -0.39 is 9.52 Å². The van der Waals surface area contributed by atoms with E-state index in [9.17, 15) is 0 Å². The van der Waals surface area contributed by atoms with Gasteiger partial charge in [0, 0.05) is 0 Å². The zero-order valence-corrected chi connectivity index (χ0v) is 15.9. The zero-order valence-electron chi connectivity index (χ0n) is 14.5. The Morgan fingerprint density at radius 2 is 1.38 bits per heavy atom. The van der Waals surface area contributed by atoms with E-state index in [4.69, 9.17) is 0 Å². The monoisotopic (exact) mass is 304 g/mol. The number of benzene rings is 1. The van der Waals surface area contributed by atoms with Gasteiger partial charge in [-0.1, -0.05) is 69.8 Å². The molecule has 0 aromatic heterocycles. The highest BCUT2D eigenvalue weighted by atomic mass is 28.2. The minimum atomic E-state index is -0.439. The largest absolute Gasteiger partial charge is 0.289 e. The Hall–Kier alpha value is -0.903. The lowest BCUT2D eigenvalue weighted by molar-refractivity contribution is 0.0313. The molecular weight excluding hydrogens is 272 g/mol. The number of hydrogen-bond donors (Lipinski definition) is 0. The van der Waals surface area contributed by atoms with Crippen LogP contribution in [0.2, 0.25) is 0 Å². The van der Waals surface area contributed by atoms with E-state index in [2.05, 4.69) is 75.3 Å². The second kappa shape index (κ2) is 8.52. The number of nitrogens with zero attached hydrogens (tertiary/aromatic N) is 2. The molecule has 0 radical (unpaired) electrons. The third-order valence-electron chi connectivity index (χ3n) is 4.64. The van der Waals surface area contributed by atoms with Gasteiger partial charge in [0.25, 0.3) is 0 Å². The molecule has 3 heteroatoms. The van der Waals surface area contributed by atoms with Gasteiger partial charge in [0.1, 0.15) is 0 Å². The molecule has 0 saturated heterocycles. The summed E-state index contributed by atoms with van der Waals surface area (Å²) in [5.41, 5.74) is 1.21. The van der Waals surface area contributed by atoms with Gasteiger partial charge in [-0.05, 0) is 38.7 Å². The Morgan fingerprint density at radius 3 is 1.71 bits per heavy atom. The van der Waals surface area contributed by atoms with Gasteiger partial charge in [0.05, 0.1) is 14.8 Å². The molecule has 0 N–H and O–H groups in total. The zero-order chi connectivity index (χ0) is 15.9. The van der Waals surface area contributed by atoms with Crippen molar-refractivity contribution in [3.8, 4) is 0 Å². The highest BCUT2D eigenvalue weighted by Gasteiger charge is 2.35. The summed E-state index contributed by atoms with van der Waals surface area (Å²) < 4.78 is 0. The molecule has 0 bridgehead atoms. The predicted molar refractivity (Wildman–Crippen MR) is 99.0 cm³/mol. The Morgan fingerprint density at radius 1 is 0.952 bits per heavy atom. The summed E-state index contributed by atoms with van der Waals surface area (Å²) >= 11 is 0. The second-order valence-corrected chi connectivity index (χ2v) is 8.19. The van der Waals surface area contributed by atoms with Crippen molar-refractivity contribution in [3.05, 3.63) is 36.4 Å². The molecule has 118 valence electrons. The minimum Gasteiger partial charge on any atom is -0.289 e. The van der Waals surface area contributed by atoms with Crippen molar-refractivity contribution in [3.63, 3.8) is 0 Å².